The Morgan fingerprint density at radius 2 is 0.898 bits per heavy atom. The SMILES string of the molecule is CC(C)(C)N1CCC(NCCO)CC1.CC(C)(C)N1CCC2(CCC(=O)C2)CC1.CC(C)(C)NCCN1CCCCC1.CC(C)(C)OC(=O)N1CC=C(C(C)(C)C)CC1.CC(C)(C)OCCN1CCNCC1.CC(C)(C)OCCN1CCOCC1.CCC(=O)N1CCN(C(C)(C)C)CC1.CN(C)CCN1CCN(C(C)(C)C)CC1.CN1CCN(CCOC(C)(C)C)CC1. The molecule has 0 aromatic carbocycles. The zero-order valence-electron chi connectivity index (χ0n) is 90.5. The van der Waals surface area contributed by atoms with E-state index >= 15 is 0 Å². The summed E-state index contributed by atoms with van der Waals surface area (Å²) in [4.78, 5) is 65.6. The highest BCUT2D eigenvalue weighted by Crippen LogP contribution is 2.45. The lowest BCUT2D eigenvalue weighted by Crippen LogP contribution is -2.54. The molecule has 758 valence electrons. The molecule has 9 fully saturated rings. The number of likely N-dealkylation sites (tertiary alicyclic amines) is 3. The average Bonchev–Trinajstić information content (AvgIpc) is 1.63. The van der Waals surface area contributed by atoms with E-state index < -0.39 is 5.60 Å². The van der Waals surface area contributed by atoms with Gasteiger partial charge in [0, 0.05) is 249 Å². The van der Waals surface area contributed by atoms with Crippen molar-refractivity contribution in [3.8, 4) is 0 Å². The van der Waals surface area contributed by atoms with Crippen LogP contribution in [0.4, 0.5) is 4.79 Å². The molecule has 1 spiro atoms. The van der Waals surface area contributed by atoms with E-state index in [2.05, 4.69) is 284 Å². The Morgan fingerprint density at radius 3 is 1.29 bits per heavy atom. The van der Waals surface area contributed by atoms with Gasteiger partial charge in [-0.3, -0.25) is 48.8 Å². The van der Waals surface area contributed by atoms with Crippen LogP contribution in [0.1, 0.15) is 292 Å². The average molecular weight is 1820 g/mol. The second-order valence-corrected chi connectivity index (χ2v) is 48.0. The van der Waals surface area contributed by atoms with Gasteiger partial charge in [0.2, 0.25) is 5.91 Å². The summed E-state index contributed by atoms with van der Waals surface area (Å²) in [5.74, 6) is 0.790. The van der Waals surface area contributed by atoms with E-state index in [1.807, 2.05) is 32.6 Å². The molecule has 0 aromatic heterocycles. The quantitative estimate of drug-likeness (QED) is 0.0891. The number of likely N-dealkylation sites (N-methyl/N-ethyl adjacent to an activating group) is 2. The smallest absolute Gasteiger partial charge is 0.410 e. The number of piperazine rings is 4. The molecule has 25 nitrogen and oxygen atoms in total. The van der Waals surface area contributed by atoms with Crippen LogP contribution in [0.5, 0.6) is 0 Å². The summed E-state index contributed by atoms with van der Waals surface area (Å²) in [7, 11) is 6.47. The number of carbonyl (C=O) groups is 3. The van der Waals surface area contributed by atoms with Gasteiger partial charge in [0.15, 0.2) is 0 Å². The predicted molar refractivity (Wildman–Crippen MR) is 541 cm³/mol. The Hall–Kier alpha value is -2.61. The molecule has 4 N–H and O–H groups in total. The number of piperidine rings is 3. The van der Waals surface area contributed by atoms with Gasteiger partial charge >= 0.3 is 6.09 Å². The lowest BCUT2D eigenvalue weighted by Gasteiger charge is -2.45. The second-order valence-electron chi connectivity index (χ2n) is 48.0. The van der Waals surface area contributed by atoms with Crippen molar-refractivity contribution in [1.82, 2.24) is 79.6 Å². The number of ketones is 1. The van der Waals surface area contributed by atoms with Crippen LogP contribution in [0.2, 0.25) is 0 Å². The number of rotatable bonds is 19. The molecule has 0 bridgehead atoms. The Balaban J connectivity index is 0.000000488. The zero-order valence-corrected chi connectivity index (χ0v) is 90.5. The van der Waals surface area contributed by atoms with Crippen LogP contribution < -0.4 is 16.0 Å². The summed E-state index contributed by atoms with van der Waals surface area (Å²) >= 11 is 0. The lowest BCUT2D eigenvalue weighted by atomic mass is 9.76. The maximum atomic E-state index is 11.8. The van der Waals surface area contributed by atoms with Crippen molar-refractivity contribution in [3.05, 3.63) is 11.6 Å². The first-order chi connectivity index (χ1) is 59.1. The number of nitrogens with one attached hydrogen (secondary N) is 3. The number of hydrogen-bond donors (Lipinski definition) is 4. The van der Waals surface area contributed by atoms with Crippen LogP contribution >= 0.6 is 0 Å². The molecule has 9 aliphatic heterocycles. The van der Waals surface area contributed by atoms with Gasteiger partial charge < -0.3 is 69.2 Å². The van der Waals surface area contributed by atoms with Crippen molar-refractivity contribution in [1.29, 1.82) is 0 Å². The molecule has 1 saturated carbocycles. The summed E-state index contributed by atoms with van der Waals surface area (Å²) < 4.78 is 27.6. The number of nitrogens with zero attached hydrogens (tertiary/aromatic N) is 13. The number of carbonyl (C=O) groups excluding carboxylic acids is 3. The van der Waals surface area contributed by atoms with Gasteiger partial charge in [-0.05, 0) is 296 Å². The molecule has 0 unspecified atom stereocenters. The van der Waals surface area contributed by atoms with Crippen molar-refractivity contribution in [2.24, 2.45) is 10.8 Å². The molecule has 0 aromatic rings. The highest BCUT2D eigenvalue weighted by atomic mass is 16.6. The van der Waals surface area contributed by atoms with Gasteiger partial charge in [-0.2, -0.15) is 0 Å². The molecule has 0 radical (unpaired) electrons. The van der Waals surface area contributed by atoms with Crippen LogP contribution in [-0.4, -0.2) is 426 Å². The first-order valence-corrected chi connectivity index (χ1v) is 50.8. The maximum Gasteiger partial charge on any atom is 0.410 e. The standard InChI is InChI=1S/C14H25NO2.C13H23NO.C12H27N3.2C11H24N2O.C11H22N2O.C11H24N2.C10H22N2O.C10H21NO2/c1-13(2,3)11-7-9-15(10-8-11)12(16)17-14(4,5)6;1-12(2,3)14-8-6-13(7-9-14)5-4-11(15)10-13;1-12(2,3)15-10-8-14(9-11-15)7-6-13(4)5;1-11(2,3)14-10-9-13-7-5-12(4)6-8-13;1-11(2,3)13-7-4-10(5-8-13)12-6-9-14;1-5-10(14)12-6-8-13(9-7-12)11(2,3)4;1-11(2,3)12-7-10-13-8-5-4-6-9-13;1-10(2,3)13-9-8-12-6-4-11-5-7-12;1-10(2,3)13-9-6-11-4-7-12-8-5-11/h7H,8-10H2,1-6H3;4-10H2,1-3H3;6-11H2,1-5H3;5-10H2,1-4H3;10,12,14H,4-9H2,1-3H3;5-9H2,1-4H3;12H,4-10H2,1-3H3;11H,4-9H2,1-3H3;4-9H2,1-3H3. The molecule has 8 saturated heterocycles. The minimum absolute atomic E-state index is 0.00653. The highest BCUT2D eigenvalue weighted by molar-refractivity contribution is 5.81. The number of aliphatic hydroxyl groups excluding tert-OH is 1. The molecule has 10 aliphatic rings. The summed E-state index contributed by atoms with van der Waals surface area (Å²) in [5.41, 5.74) is 3.09. The van der Waals surface area contributed by atoms with Gasteiger partial charge in [0.05, 0.1) is 56.4 Å². The Labute approximate surface area is 790 Å². The van der Waals surface area contributed by atoms with Crippen LogP contribution in [0.3, 0.4) is 0 Å². The fourth-order valence-electron chi connectivity index (χ4n) is 16.8. The predicted octanol–water partition coefficient (Wildman–Crippen LogP) is 14.1. The van der Waals surface area contributed by atoms with E-state index in [0.717, 1.165) is 163 Å². The van der Waals surface area contributed by atoms with Crippen LogP contribution in [0, 0.1) is 10.8 Å². The summed E-state index contributed by atoms with van der Waals surface area (Å²) in [6, 6.07) is 0.612. The largest absolute Gasteiger partial charge is 0.444 e. The van der Waals surface area contributed by atoms with Crippen LogP contribution in [0.25, 0.3) is 0 Å². The van der Waals surface area contributed by atoms with Crippen molar-refractivity contribution in [3.63, 3.8) is 0 Å². The van der Waals surface area contributed by atoms with Gasteiger partial charge in [-0.1, -0.05) is 45.8 Å². The van der Waals surface area contributed by atoms with E-state index in [1.54, 1.807) is 4.90 Å². The van der Waals surface area contributed by atoms with E-state index in [0.29, 0.717) is 52.7 Å². The maximum absolute atomic E-state index is 11.8. The lowest BCUT2D eigenvalue weighted by molar-refractivity contribution is -0.133. The van der Waals surface area contributed by atoms with Gasteiger partial charge in [-0.15, -0.1) is 0 Å². The first kappa shape index (κ1) is 121. The van der Waals surface area contributed by atoms with E-state index in [1.165, 1.54) is 162 Å². The summed E-state index contributed by atoms with van der Waals surface area (Å²) in [6.45, 7) is 109. The number of morpholine rings is 1. The second kappa shape index (κ2) is 59.5. The number of amides is 2. The fourth-order valence-corrected chi connectivity index (χ4v) is 16.8. The Bertz CT molecular complexity index is 2800. The topological polar surface area (TPSA) is 196 Å². The third kappa shape index (κ3) is 59.4. The minimum atomic E-state index is -0.412. The zero-order chi connectivity index (χ0) is 97.0. The van der Waals surface area contributed by atoms with Crippen molar-refractivity contribution in [2.45, 2.75) is 348 Å². The first-order valence-electron chi connectivity index (χ1n) is 50.8. The molecule has 10 rings (SSSR count). The third-order valence-corrected chi connectivity index (χ3v) is 25.4. The van der Waals surface area contributed by atoms with Crippen LogP contribution in [-0.2, 0) is 33.3 Å². The van der Waals surface area contributed by atoms with E-state index in [-0.39, 0.29) is 46.0 Å². The van der Waals surface area contributed by atoms with Crippen molar-refractivity contribution in [2.75, 3.05) is 283 Å². The number of Topliss-reactive ketones (excluding diaryl/α,β-unsaturated/α-hetero) is 1. The molecule has 0 atom stereocenters. The molecule has 2 amide bonds. The Morgan fingerprint density at radius 1 is 0.477 bits per heavy atom. The summed E-state index contributed by atoms with van der Waals surface area (Å²) in [6.07, 6.45) is 15.5. The normalized spacial score (nSPS) is 21.2. The monoisotopic (exact) mass is 1820 g/mol. The van der Waals surface area contributed by atoms with Crippen LogP contribution in [0.15, 0.2) is 11.6 Å². The number of ether oxygens (including phenoxy) is 5. The van der Waals surface area contributed by atoms with Gasteiger partial charge in [0.1, 0.15) is 11.4 Å². The molecule has 128 heavy (non-hydrogen) atoms. The molecule has 1 aliphatic carbocycles. The molecular weight excluding hydrogens is 1610 g/mol. The summed E-state index contributed by atoms with van der Waals surface area (Å²) in [5, 5.41) is 18.9. The van der Waals surface area contributed by atoms with Gasteiger partial charge in [-0.25, -0.2) is 4.79 Å². The fraction of sp³-hybridized carbons (Fsp3) is 0.951. The Kier molecular flexibility index (Phi) is 56.5. The minimum Gasteiger partial charge on any atom is -0.444 e. The van der Waals surface area contributed by atoms with Crippen molar-refractivity contribution >= 4 is 17.8 Å². The number of hydrogen-bond acceptors (Lipinski definition) is 23. The number of aliphatic hydroxyl groups is 1. The molecule has 9 heterocycles. The van der Waals surface area contributed by atoms with E-state index in [4.69, 9.17) is 28.8 Å². The molecule has 25 heteroatoms. The highest BCUT2D eigenvalue weighted by Gasteiger charge is 2.43. The van der Waals surface area contributed by atoms with Crippen molar-refractivity contribution < 1.29 is 43.2 Å². The third-order valence-electron chi connectivity index (χ3n) is 25.4. The van der Waals surface area contributed by atoms with Gasteiger partial charge in [0.25, 0.3) is 0 Å². The van der Waals surface area contributed by atoms with E-state index in [9.17, 15) is 14.4 Å². The molecular formula is C103H212N16O9.